The first kappa shape index (κ1) is 18.9. The lowest BCUT2D eigenvalue weighted by molar-refractivity contribution is 0.237. The fraction of sp³-hybridized carbons (Fsp3) is 0.120. The number of aromatic nitrogens is 3. The van der Waals surface area contributed by atoms with Crippen molar-refractivity contribution in [3.8, 4) is 11.5 Å². The number of rotatable bonds is 6. The topological polar surface area (TPSA) is 75.2 Å². The average molecular weight is 410 g/mol. The number of imidazole rings is 1. The van der Waals surface area contributed by atoms with Crippen molar-refractivity contribution in [2.45, 2.75) is 13.2 Å². The van der Waals surface area contributed by atoms with Gasteiger partial charge in [-0.05, 0) is 35.9 Å². The van der Waals surface area contributed by atoms with Crippen LogP contribution in [0.2, 0.25) is 0 Å². The van der Waals surface area contributed by atoms with Crippen LogP contribution in [0.3, 0.4) is 0 Å². The average Bonchev–Trinajstić information content (AvgIpc) is 3.18. The van der Waals surface area contributed by atoms with E-state index in [4.69, 9.17) is 20.2 Å². The second-order valence-corrected chi connectivity index (χ2v) is 7.28. The molecule has 5 aromatic rings. The smallest absolute Gasteiger partial charge is 0.166 e. The zero-order chi connectivity index (χ0) is 21.2. The highest BCUT2D eigenvalue weighted by atomic mass is 16.5. The summed E-state index contributed by atoms with van der Waals surface area (Å²) >= 11 is 0. The predicted octanol–water partition coefficient (Wildman–Crippen LogP) is 4.80. The summed E-state index contributed by atoms with van der Waals surface area (Å²) in [5.41, 5.74) is 9.88. The standard InChI is InChI=1S/C25H22N4O2/c1-30-18-13-11-17(12-14-18)15-22-28-23-24(20-9-5-6-10-21(20)27-25(23)26)29(22)16-31-19-7-3-2-4-8-19/h2-14H,15-16H2,1H3,(H2,26,27). The van der Waals surface area contributed by atoms with Crippen molar-refractivity contribution < 1.29 is 9.47 Å². The third-order valence-corrected chi connectivity index (χ3v) is 5.31. The maximum absolute atomic E-state index is 6.30. The fourth-order valence-corrected chi connectivity index (χ4v) is 3.76. The highest BCUT2D eigenvalue weighted by Gasteiger charge is 2.18. The Morgan fingerprint density at radius 1 is 0.839 bits per heavy atom. The molecule has 0 radical (unpaired) electrons. The zero-order valence-corrected chi connectivity index (χ0v) is 17.2. The number of hydrogen-bond acceptors (Lipinski definition) is 5. The Balaban J connectivity index is 1.63. The van der Waals surface area contributed by atoms with E-state index in [1.165, 1.54) is 0 Å². The van der Waals surface area contributed by atoms with Crippen molar-refractivity contribution in [2.24, 2.45) is 0 Å². The van der Waals surface area contributed by atoms with Crippen molar-refractivity contribution in [1.29, 1.82) is 0 Å². The van der Waals surface area contributed by atoms with Gasteiger partial charge in [-0.2, -0.15) is 0 Å². The van der Waals surface area contributed by atoms with Gasteiger partial charge in [0.2, 0.25) is 0 Å². The maximum Gasteiger partial charge on any atom is 0.166 e. The lowest BCUT2D eigenvalue weighted by Crippen LogP contribution is -2.10. The van der Waals surface area contributed by atoms with Crippen LogP contribution in [-0.2, 0) is 13.2 Å². The van der Waals surface area contributed by atoms with Gasteiger partial charge in [0.05, 0.1) is 18.1 Å². The molecular weight excluding hydrogens is 388 g/mol. The van der Waals surface area contributed by atoms with Crippen LogP contribution in [0, 0.1) is 0 Å². The van der Waals surface area contributed by atoms with E-state index in [0.29, 0.717) is 24.5 Å². The van der Waals surface area contributed by atoms with Gasteiger partial charge < -0.3 is 15.2 Å². The van der Waals surface area contributed by atoms with Crippen molar-refractivity contribution >= 4 is 27.8 Å². The number of fused-ring (bicyclic) bond motifs is 3. The van der Waals surface area contributed by atoms with E-state index in [0.717, 1.165) is 39.3 Å². The van der Waals surface area contributed by atoms with E-state index in [9.17, 15) is 0 Å². The van der Waals surface area contributed by atoms with Crippen molar-refractivity contribution in [3.63, 3.8) is 0 Å². The van der Waals surface area contributed by atoms with Crippen LogP contribution >= 0.6 is 0 Å². The molecular formula is C25H22N4O2. The van der Waals surface area contributed by atoms with Crippen LogP contribution in [0.1, 0.15) is 11.4 Å². The van der Waals surface area contributed by atoms with E-state index >= 15 is 0 Å². The van der Waals surface area contributed by atoms with Crippen molar-refractivity contribution in [1.82, 2.24) is 14.5 Å². The van der Waals surface area contributed by atoms with Crippen LogP contribution < -0.4 is 15.2 Å². The summed E-state index contributed by atoms with van der Waals surface area (Å²) in [5.74, 6) is 2.90. The number of nitrogens with zero attached hydrogens (tertiary/aromatic N) is 3. The number of ether oxygens (including phenoxy) is 2. The number of anilines is 1. The summed E-state index contributed by atoms with van der Waals surface area (Å²) in [6.07, 6.45) is 0.630. The van der Waals surface area contributed by atoms with Crippen LogP contribution in [0.25, 0.3) is 21.9 Å². The summed E-state index contributed by atoms with van der Waals surface area (Å²) < 4.78 is 13.5. The van der Waals surface area contributed by atoms with Gasteiger partial charge in [-0.1, -0.05) is 48.5 Å². The number of methoxy groups -OCH3 is 1. The molecule has 2 N–H and O–H groups in total. The number of para-hydroxylation sites is 2. The van der Waals surface area contributed by atoms with E-state index < -0.39 is 0 Å². The van der Waals surface area contributed by atoms with Gasteiger partial charge in [0.1, 0.15) is 22.8 Å². The number of benzene rings is 3. The first-order valence-corrected chi connectivity index (χ1v) is 10.1. The van der Waals surface area contributed by atoms with Gasteiger partial charge >= 0.3 is 0 Å². The number of hydrogen-bond donors (Lipinski definition) is 1. The van der Waals surface area contributed by atoms with E-state index in [1.807, 2.05) is 78.9 Å². The molecule has 5 rings (SSSR count). The van der Waals surface area contributed by atoms with E-state index in [-0.39, 0.29) is 0 Å². The van der Waals surface area contributed by atoms with E-state index in [2.05, 4.69) is 9.55 Å². The minimum Gasteiger partial charge on any atom is -0.497 e. The molecule has 0 saturated heterocycles. The molecule has 0 aliphatic rings. The molecule has 0 spiro atoms. The highest BCUT2D eigenvalue weighted by molar-refractivity contribution is 6.06. The number of nitrogen functional groups attached to an aromatic ring is 1. The molecule has 6 heteroatoms. The molecule has 2 aromatic heterocycles. The van der Waals surface area contributed by atoms with Crippen LogP contribution in [0.4, 0.5) is 5.82 Å². The molecule has 0 amide bonds. The molecule has 0 saturated carbocycles. The Bertz CT molecular complexity index is 1350. The monoisotopic (exact) mass is 410 g/mol. The Morgan fingerprint density at radius 3 is 2.35 bits per heavy atom. The normalized spacial score (nSPS) is 11.1. The second-order valence-electron chi connectivity index (χ2n) is 7.28. The lowest BCUT2D eigenvalue weighted by atomic mass is 10.1. The summed E-state index contributed by atoms with van der Waals surface area (Å²) in [6.45, 7) is 0.319. The molecule has 0 aliphatic carbocycles. The highest BCUT2D eigenvalue weighted by Crippen LogP contribution is 2.30. The summed E-state index contributed by atoms with van der Waals surface area (Å²) in [5, 5.41) is 0.997. The first-order chi connectivity index (χ1) is 15.2. The molecule has 0 unspecified atom stereocenters. The van der Waals surface area contributed by atoms with Crippen LogP contribution in [0.5, 0.6) is 11.5 Å². The third-order valence-electron chi connectivity index (χ3n) is 5.31. The van der Waals surface area contributed by atoms with Gasteiger partial charge in [-0.3, -0.25) is 4.57 Å². The summed E-state index contributed by atoms with van der Waals surface area (Å²) in [4.78, 5) is 9.43. The molecule has 2 heterocycles. The van der Waals surface area contributed by atoms with Crippen molar-refractivity contribution in [3.05, 3.63) is 90.3 Å². The number of pyridine rings is 1. The predicted molar refractivity (Wildman–Crippen MR) is 122 cm³/mol. The third kappa shape index (κ3) is 3.64. The second kappa shape index (κ2) is 7.99. The molecule has 154 valence electrons. The Labute approximate surface area is 179 Å². The molecule has 3 aromatic carbocycles. The fourth-order valence-electron chi connectivity index (χ4n) is 3.76. The Hall–Kier alpha value is -4.06. The van der Waals surface area contributed by atoms with Crippen LogP contribution in [-0.4, -0.2) is 21.6 Å². The molecule has 0 bridgehead atoms. The SMILES string of the molecule is COc1ccc(Cc2nc3c(N)nc4ccccc4c3n2COc2ccccc2)cc1. The molecule has 0 aliphatic heterocycles. The molecule has 0 fully saturated rings. The molecule has 0 atom stereocenters. The van der Waals surface area contributed by atoms with Gasteiger partial charge in [0.25, 0.3) is 0 Å². The summed E-state index contributed by atoms with van der Waals surface area (Å²) in [6, 6.07) is 25.7. The number of nitrogens with two attached hydrogens (primary N) is 1. The minimum atomic E-state index is 0.319. The van der Waals surface area contributed by atoms with Gasteiger partial charge in [-0.15, -0.1) is 0 Å². The zero-order valence-electron chi connectivity index (χ0n) is 17.2. The molecule has 31 heavy (non-hydrogen) atoms. The van der Waals surface area contributed by atoms with Gasteiger partial charge in [0, 0.05) is 11.8 Å². The Morgan fingerprint density at radius 2 is 1.58 bits per heavy atom. The maximum atomic E-state index is 6.30. The van der Waals surface area contributed by atoms with Gasteiger partial charge in [0.15, 0.2) is 12.5 Å². The van der Waals surface area contributed by atoms with Crippen molar-refractivity contribution in [2.75, 3.05) is 12.8 Å². The largest absolute Gasteiger partial charge is 0.497 e. The lowest BCUT2D eigenvalue weighted by Gasteiger charge is -2.13. The summed E-state index contributed by atoms with van der Waals surface area (Å²) in [7, 11) is 1.66. The minimum absolute atomic E-state index is 0.319. The van der Waals surface area contributed by atoms with Gasteiger partial charge in [-0.25, -0.2) is 9.97 Å². The Kier molecular flexibility index (Phi) is 4.88. The quantitative estimate of drug-likeness (QED) is 0.435. The first-order valence-electron chi connectivity index (χ1n) is 10.1. The molecule has 6 nitrogen and oxygen atoms in total. The van der Waals surface area contributed by atoms with E-state index in [1.54, 1.807) is 7.11 Å². The van der Waals surface area contributed by atoms with Crippen LogP contribution in [0.15, 0.2) is 78.9 Å².